The number of rotatable bonds is 3. The van der Waals surface area contributed by atoms with Gasteiger partial charge in [0, 0.05) is 6.42 Å². The van der Waals surface area contributed by atoms with Crippen molar-refractivity contribution in [1.82, 2.24) is 5.32 Å². The van der Waals surface area contributed by atoms with Crippen LogP contribution >= 0.6 is 0 Å². The van der Waals surface area contributed by atoms with Crippen molar-refractivity contribution in [3.8, 4) is 0 Å². The molecule has 5 nitrogen and oxygen atoms in total. The van der Waals surface area contributed by atoms with Gasteiger partial charge in [0.2, 0.25) is 5.91 Å². The van der Waals surface area contributed by atoms with Gasteiger partial charge in [0.15, 0.2) is 5.37 Å². The van der Waals surface area contributed by atoms with Gasteiger partial charge in [-0.25, -0.2) is 0 Å². The highest BCUT2D eigenvalue weighted by Gasteiger charge is 2.17. The van der Waals surface area contributed by atoms with Crippen molar-refractivity contribution in [3.63, 3.8) is 0 Å². The number of nitrogens with one attached hydrogen (secondary N) is 1. The summed E-state index contributed by atoms with van der Waals surface area (Å²) in [6.07, 6.45) is 0.194. The van der Waals surface area contributed by atoms with Gasteiger partial charge >= 0.3 is 0 Å². The van der Waals surface area contributed by atoms with E-state index in [9.17, 15) is 13.2 Å². The second-order valence-electron chi connectivity index (χ2n) is 2.08. The van der Waals surface area contributed by atoms with Gasteiger partial charge in [-0.2, -0.15) is 8.42 Å². The summed E-state index contributed by atoms with van der Waals surface area (Å²) in [5.41, 5.74) is 0. The van der Waals surface area contributed by atoms with Gasteiger partial charge in [-0.3, -0.25) is 9.35 Å². The lowest BCUT2D eigenvalue weighted by Crippen LogP contribution is -2.37. The summed E-state index contributed by atoms with van der Waals surface area (Å²) in [6, 6.07) is 0. The van der Waals surface area contributed by atoms with Crippen molar-refractivity contribution in [2.45, 2.75) is 25.6 Å². The molecule has 0 fully saturated rings. The van der Waals surface area contributed by atoms with E-state index in [4.69, 9.17) is 4.55 Å². The van der Waals surface area contributed by atoms with Crippen LogP contribution in [-0.2, 0) is 14.9 Å². The molecular weight excluding hydrogens is 170 g/mol. The molecule has 0 aromatic heterocycles. The Morgan fingerprint density at radius 2 is 2.09 bits per heavy atom. The quantitative estimate of drug-likeness (QED) is 0.588. The van der Waals surface area contributed by atoms with Crippen LogP contribution in [0.1, 0.15) is 20.3 Å². The molecule has 0 aliphatic rings. The van der Waals surface area contributed by atoms with E-state index in [0.29, 0.717) is 0 Å². The summed E-state index contributed by atoms with van der Waals surface area (Å²) < 4.78 is 29.0. The third-order valence-corrected chi connectivity index (χ3v) is 2.14. The van der Waals surface area contributed by atoms with Crippen LogP contribution in [0.3, 0.4) is 0 Å². The lowest BCUT2D eigenvalue weighted by Gasteiger charge is -2.08. The molecule has 0 aliphatic carbocycles. The third kappa shape index (κ3) is 3.94. The topological polar surface area (TPSA) is 83.5 Å². The lowest BCUT2D eigenvalue weighted by atomic mass is 10.4. The van der Waals surface area contributed by atoms with Crippen LogP contribution in [0.5, 0.6) is 0 Å². The van der Waals surface area contributed by atoms with Crippen LogP contribution in [0.15, 0.2) is 0 Å². The van der Waals surface area contributed by atoms with Gasteiger partial charge < -0.3 is 5.32 Å². The van der Waals surface area contributed by atoms with E-state index in [-0.39, 0.29) is 6.42 Å². The predicted molar refractivity (Wildman–Crippen MR) is 39.4 cm³/mol. The zero-order valence-electron chi connectivity index (χ0n) is 6.36. The number of carbonyl (C=O) groups is 1. The SMILES string of the molecule is CCC(=O)NC(C)S(=O)(=O)O. The maximum Gasteiger partial charge on any atom is 0.285 e. The minimum absolute atomic E-state index is 0.194. The van der Waals surface area contributed by atoms with Gasteiger partial charge in [0.25, 0.3) is 10.1 Å². The van der Waals surface area contributed by atoms with Crippen molar-refractivity contribution in [2.24, 2.45) is 0 Å². The molecule has 11 heavy (non-hydrogen) atoms. The van der Waals surface area contributed by atoms with Crippen LogP contribution in [-0.4, -0.2) is 24.3 Å². The van der Waals surface area contributed by atoms with Gasteiger partial charge in [0.1, 0.15) is 0 Å². The molecule has 0 rings (SSSR count). The van der Waals surface area contributed by atoms with Crippen molar-refractivity contribution in [1.29, 1.82) is 0 Å². The maximum atomic E-state index is 10.6. The van der Waals surface area contributed by atoms with Crippen LogP contribution in [0, 0.1) is 0 Å². The van der Waals surface area contributed by atoms with Crippen LogP contribution in [0.4, 0.5) is 0 Å². The summed E-state index contributed by atoms with van der Waals surface area (Å²) in [4.78, 5) is 10.6. The van der Waals surface area contributed by atoms with Gasteiger partial charge in [-0.1, -0.05) is 6.92 Å². The fourth-order valence-electron chi connectivity index (χ4n) is 0.403. The van der Waals surface area contributed by atoms with E-state index < -0.39 is 21.4 Å². The van der Waals surface area contributed by atoms with E-state index in [0.717, 1.165) is 0 Å². The Morgan fingerprint density at radius 1 is 1.64 bits per heavy atom. The molecule has 0 heterocycles. The normalized spacial score (nSPS) is 14.1. The summed E-state index contributed by atoms with van der Waals surface area (Å²) in [7, 11) is -4.14. The molecule has 0 radical (unpaired) electrons. The Kier molecular flexibility index (Phi) is 3.47. The van der Waals surface area contributed by atoms with Gasteiger partial charge in [0.05, 0.1) is 0 Å². The summed E-state index contributed by atoms with van der Waals surface area (Å²) in [5, 5.41) is 0.866. The Bertz CT molecular complexity index is 233. The van der Waals surface area contributed by atoms with Crippen LogP contribution in [0.2, 0.25) is 0 Å². The Morgan fingerprint density at radius 3 is 2.36 bits per heavy atom. The second-order valence-corrected chi connectivity index (χ2v) is 3.82. The van der Waals surface area contributed by atoms with E-state index in [2.05, 4.69) is 5.32 Å². The first-order valence-electron chi connectivity index (χ1n) is 3.13. The molecule has 0 saturated carbocycles. The van der Waals surface area contributed by atoms with Gasteiger partial charge in [-0.05, 0) is 6.92 Å². The molecule has 0 saturated heterocycles. The first kappa shape index (κ1) is 10.4. The van der Waals surface area contributed by atoms with Crippen molar-refractivity contribution >= 4 is 16.0 Å². The smallest absolute Gasteiger partial charge is 0.285 e. The minimum Gasteiger partial charge on any atom is -0.338 e. The Labute approximate surface area is 65.5 Å². The van der Waals surface area contributed by atoms with Crippen molar-refractivity contribution in [2.75, 3.05) is 0 Å². The highest BCUT2D eigenvalue weighted by molar-refractivity contribution is 7.86. The minimum atomic E-state index is -4.14. The Balaban J connectivity index is 4.10. The summed E-state index contributed by atoms with van der Waals surface area (Å²) in [5.74, 6) is -0.407. The fraction of sp³-hybridized carbons (Fsp3) is 0.800. The fourth-order valence-corrected chi connectivity index (χ4v) is 0.684. The van der Waals surface area contributed by atoms with E-state index in [1.54, 1.807) is 6.92 Å². The van der Waals surface area contributed by atoms with E-state index in [1.807, 2.05) is 0 Å². The molecule has 0 aromatic carbocycles. The molecule has 1 atom stereocenters. The zero-order chi connectivity index (χ0) is 9.07. The van der Waals surface area contributed by atoms with Gasteiger partial charge in [-0.15, -0.1) is 0 Å². The van der Waals surface area contributed by atoms with E-state index in [1.165, 1.54) is 6.92 Å². The zero-order valence-corrected chi connectivity index (χ0v) is 7.18. The average Bonchev–Trinajstić information content (AvgIpc) is 1.85. The largest absolute Gasteiger partial charge is 0.338 e. The highest BCUT2D eigenvalue weighted by Crippen LogP contribution is 1.92. The third-order valence-electron chi connectivity index (χ3n) is 1.13. The standard InChI is InChI=1S/C5H11NO4S/c1-3-5(7)6-4(2)11(8,9)10/h4H,3H2,1-2H3,(H,6,7)(H,8,9,10). The average molecular weight is 181 g/mol. The molecule has 0 bridgehead atoms. The monoisotopic (exact) mass is 181 g/mol. The first-order chi connectivity index (χ1) is 4.88. The lowest BCUT2D eigenvalue weighted by molar-refractivity contribution is -0.120. The molecule has 0 aliphatic heterocycles. The molecule has 6 heteroatoms. The molecule has 0 aromatic rings. The maximum absolute atomic E-state index is 10.6. The molecule has 0 spiro atoms. The number of hydrogen-bond acceptors (Lipinski definition) is 3. The summed E-state index contributed by atoms with van der Waals surface area (Å²) >= 11 is 0. The number of amides is 1. The molecule has 1 unspecified atom stereocenters. The van der Waals surface area contributed by atoms with Crippen molar-refractivity contribution < 1.29 is 17.8 Å². The molecule has 1 amide bonds. The van der Waals surface area contributed by atoms with Crippen molar-refractivity contribution in [3.05, 3.63) is 0 Å². The number of hydrogen-bond donors (Lipinski definition) is 2. The predicted octanol–water partition coefficient (Wildman–Crippen LogP) is -0.254. The van der Waals surface area contributed by atoms with E-state index >= 15 is 0 Å². The Hall–Kier alpha value is -0.620. The summed E-state index contributed by atoms with van der Waals surface area (Å²) in [6.45, 7) is 2.79. The molecule has 66 valence electrons. The van der Waals surface area contributed by atoms with Crippen LogP contribution < -0.4 is 5.32 Å². The highest BCUT2D eigenvalue weighted by atomic mass is 32.2. The second kappa shape index (κ2) is 3.68. The number of carbonyl (C=O) groups excluding carboxylic acids is 1. The molecule has 2 N–H and O–H groups in total. The molecular formula is C5H11NO4S. The van der Waals surface area contributed by atoms with Crippen LogP contribution in [0.25, 0.3) is 0 Å². The first-order valence-corrected chi connectivity index (χ1v) is 4.64.